The third kappa shape index (κ3) is 3.49. The van der Waals surface area contributed by atoms with E-state index in [-0.39, 0.29) is 5.54 Å². The fraction of sp³-hybridized carbons (Fsp3) is 0.938. The quantitative estimate of drug-likeness (QED) is 0.767. The van der Waals surface area contributed by atoms with Crippen molar-refractivity contribution in [1.82, 2.24) is 10.2 Å². The van der Waals surface area contributed by atoms with Gasteiger partial charge in [-0.2, -0.15) is 5.26 Å². The number of nitriles is 1. The summed E-state index contributed by atoms with van der Waals surface area (Å²) < 4.78 is 0. The Morgan fingerprint density at radius 1 is 1.37 bits per heavy atom. The van der Waals surface area contributed by atoms with Gasteiger partial charge in [-0.05, 0) is 57.5 Å². The van der Waals surface area contributed by atoms with Gasteiger partial charge in [-0.25, -0.2) is 0 Å². The summed E-state index contributed by atoms with van der Waals surface area (Å²) in [5.41, 5.74) is -0.243. The second-order valence-corrected chi connectivity index (χ2v) is 6.83. The topological polar surface area (TPSA) is 39.1 Å². The highest BCUT2D eigenvalue weighted by Gasteiger charge is 2.42. The summed E-state index contributed by atoms with van der Waals surface area (Å²) in [5, 5.41) is 12.8. The zero-order valence-corrected chi connectivity index (χ0v) is 12.8. The zero-order chi connectivity index (χ0) is 13.9. The molecule has 0 spiro atoms. The molecule has 0 aliphatic heterocycles. The summed E-state index contributed by atoms with van der Waals surface area (Å²) in [6, 6.07) is 3.40. The molecule has 2 rings (SSSR count). The van der Waals surface area contributed by atoms with E-state index in [2.05, 4.69) is 30.1 Å². The van der Waals surface area contributed by atoms with E-state index >= 15 is 0 Å². The highest BCUT2D eigenvalue weighted by Crippen LogP contribution is 2.38. The molecule has 1 N–H and O–H groups in total. The molecular formula is C16H29N3. The molecule has 2 unspecified atom stereocenters. The lowest BCUT2D eigenvalue weighted by molar-refractivity contribution is 0.201. The number of nitrogens with zero attached hydrogens (tertiary/aromatic N) is 2. The predicted octanol–water partition coefficient (Wildman–Crippen LogP) is 2.78. The second kappa shape index (κ2) is 6.24. The molecule has 0 heterocycles. The van der Waals surface area contributed by atoms with Crippen molar-refractivity contribution in [3.05, 3.63) is 0 Å². The summed E-state index contributed by atoms with van der Waals surface area (Å²) in [7, 11) is 1.95. The maximum Gasteiger partial charge on any atom is 0.109 e. The molecule has 2 fully saturated rings. The van der Waals surface area contributed by atoms with Crippen LogP contribution >= 0.6 is 0 Å². The molecule has 0 amide bonds. The van der Waals surface area contributed by atoms with Gasteiger partial charge in [-0.1, -0.05) is 20.3 Å². The summed E-state index contributed by atoms with van der Waals surface area (Å²) in [5.74, 6) is 1.28. The maximum absolute atomic E-state index is 9.49. The molecule has 3 nitrogen and oxygen atoms in total. The van der Waals surface area contributed by atoms with Gasteiger partial charge in [0.1, 0.15) is 5.54 Å². The molecule has 0 bridgehead atoms. The van der Waals surface area contributed by atoms with E-state index in [1.807, 2.05) is 7.05 Å². The standard InChI is InChI=1S/C16H29N3/c1-13(2)11-19(15-6-7-15)10-8-14-5-4-9-16(14,12-17)18-3/h13-15,18H,4-11H2,1-3H3. The summed E-state index contributed by atoms with van der Waals surface area (Å²) in [4.78, 5) is 2.67. The molecule has 0 aromatic heterocycles. The average molecular weight is 263 g/mol. The fourth-order valence-corrected chi connectivity index (χ4v) is 3.65. The Morgan fingerprint density at radius 3 is 2.63 bits per heavy atom. The van der Waals surface area contributed by atoms with Crippen LogP contribution in [0.25, 0.3) is 0 Å². The third-order valence-electron chi connectivity index (χ3n) is 4.89. The summed E-state index contributed by atoms with van der Waals surface area (Å²) in [6.45, 7) is 7.01. The molecule has 3 heteroatoms. The first kappa shape index (κ1) is 14.8. The summed E-state index contributed by atoms with van der Waals surface area (Å²) >= 11 is 0. The van der Waals surface area contributed by atoms with Crippen LogP contribution in [0.5, 0.6) is 0 Å². The minimum atomic E-state index is -0.243. The van der Waals surface area contributed by atoms with E-state index in [4.69, 9.17) is 0 Å². The Balaban J connectivity index is 1.88. The molecule has 0 radical (unpaired) electrons. The Labute approximate surface area is 118 Å². The second-order valence-electron chi connectivity index (χ2n) is 6.83. The average Bonchev–Trinajstić information content (AvgIpc) is 3.15. The number of hydrogen-bond donors (Lipinski definition) is 1. The highest BCUT2D eigenvalue weighted by atomic mass is 15.2. The van der Waals surface area contributed by atoms with Crippen LogP contribution in [0.3, 0.4) is 0 Å². The third-order valence-corrected chi connectivity index (χ3v) is 4.89. The molecule has 2 atom stereocenters. The lowest BCUT2D eigenvalue weighted by atomic mass is 9.86. The van der Waals surface area contributed by atoms with Gasteiger partial charge in [-0.15, -0.1) is 0 Å². The van der Waals surface area contributed by atoms with Crippen LogP contribution in [0.15, 0.2) is 0 Å². The minimum Gasteiger partial charge on any atom is -0.302 e. The van der Waals surface area contributed by atoms with Gasteiger partial charge in [0.05, 0.1) is 6.07 Å². The van der Waals surface area contributed by atoms with Crippen molar-refractivity contribution >= 4 is 0 Å². The van der Waals surface area contributed by atoms with E-state index in [0.717, 1.165) is 18.4 Å². The molecule has 0 aromatic carbocycles. The molecule has 19 heavy (non-hydrogen) atoms. The highest BCUT2D eigenvalue weighted by molar-refractivity contribution is 5.13. The Morgan fingerprint density at radius 2 is 2.11 bits per heavy atom. The van der Waals surface area contributed by atoms with Gasteiger partial charge < -0.3 is 10.2 Å². The van der Waals surface area contributed by atoms with Crippen LogP contribution in [0.2, 0.25) is 0 Å². The van der Waals surface area contributed by atoms with Crippen LogP contribution < -0.4 is 5.32 Å². The van der Waals surface area contributed by atoms with Crippen molar-refractivity contribution in [1.29, 1.82) is 5.26 Å². The fourth-order valence-electron chi connectivity index (χ4n) is 3.65. The van der Waals surface area contributed by atoms with Crippen LogP contribution in [0, 0.1) is 23.2 Å². The van der Waals surface area contributed by atoms with E-state index in [1.54, 1.807) is 0 Å². The van der Waals surface area contributed by atoms with Crippen LogP contribution in [-0.2, 0) is 0 Å². The number of hydrogen-bond acceptors (Lipinski definition) is 3. The Kier molecular flexibility index (Phi) is 4.86. The molecule has 0 aromatic rings. The number of nitrogens with one attached hydrogen (secondary N) is 1. The van der Waals surface area contributed by atoms with Crippen LogP contribution in [0.1, 0.15) is 52.4 Å². The Hall–Kier alpha value is -0.590. The molecule has 0 saturated heterocycles. The first-order valence-corrected chi connectivity index (χ1v) is 7.95. The van der Waals surface area contributed by atoms with Crippen LogP contribution in [-0.4, -0.2) is 36.6 Å². The normalized spacial score (nSPS) is 31.1. The monoisotopic (exact) mass is 263 g/mol. The lowest BCUT2D eigenvalue weighted by Crippen LogP contribution is -2.46. The van der Waals surface area contributed by atoms with Crippen molar-refractivity contribution < 1.29 is 0 Å². The van der Waals surface area contributed by atoms with Crippen molar-refractivity contribution in [2.24, 2.45) is 11.8 Å². The van der Waals surface area contributed by atoms with Crippen molar-refractivity contribution in [2.45, 2.75) is 64.0 Å². The molecule has 108 valence electrons. The van der Waals surface area contributed by atoms with E-state index in [9.17, 15) is 5.26 Å². The first-order valence-electron chi connectivity index (χ1n) is 7.95. The van der Waals surface area contributed by atoms with Crippen molar-refractivity contribution in [3.8, 4) is 6.07 Å². The van der Waals surface area contributed by atoms with Gasteiger partial charge >= 0.3 is 0 Å². The predicted molar refractivity (Wildman–Crippen MR) is 78.8 cm³/mol. The molecule has 2 saturated carbocycles. The minimum absolute atomic E-state index is 0.243. The van der Waals surface area contributed by atoms with Crippen LogP contribution in [0.4, 0.5) is 0 Å². The van der Waals surface area contributed by atoms with Gasteiger partial charge in [-0.3, -0.25) is 0 Å². The smallest absolute Gasteiger partial charge is 0.109 e. The molecular weight excluding hydrogens is 234 g/mol. The van der Waals surface area contributed by atoms with Crippen molar-refractivity contribution in [3.63, 3.8) is 0 Å². The van der Waals surface area contributed by atoms with Crippen molar-refractivity contribution in [2.75, 3.05) is 20.1 Å². The lowest BCUT2D eigenvalue weighted by Gasteiger charge is -2.31. The van der Waals surface area contributed by atoms with Gasteiger partial charge in [0.15, 0.2) is 0 Å². The molecule has 2 aliphatic rings. The first-order chi connectivity index (χ1) is 9.11. The summed E-state index contributed by atoms with van der Waals surface area (Å²) in [6.07, 6.45) is 7.39. The van der Waals surface area contributed by atoms with E-state index in [0.29, 0.717) is 5.92 Å². The van der Waals surface area contributed by atoms with Gasteiger partial charge in [0.25, 0.3) is 0 Å². The number of rotatable bonds is 7. The van der Waals surface area contributed by atoms with Gasteiger partial charge in [0, 0.05) is 12.6 Å². The SMILES string of the molecule is CNC1(C#N)CCCC1CCN(CC(C)C)C1CC1. The maximum atomic E-state index is 9.49. The van der Waals surface area contributed by atoms with E-state index in [1.165, 1.54) is 45.2 Å². The molecule has 2 aliphatic carbocycles. The Bertz CT molecular complexity index is 329. The zero-order valence-electron chi connectivity index (χ0n) is 12.8. The van der Waals surface area contributed by atoms with Gasteiger partial charge in [0.2, 0.25) is 0 Å². The largest absolute Gasteiger partial charge is 0.302 e. The van der Waals surface area contributed by atoms with E-state index < -0.39 is 0 Å².